The third-order valence-corrected chi connectivity index (χ3v) is 9.50. The van der Waals surface area contributed by atoms with E-state index in [4.69, 9.17) is 4.74 Å². The Balaban J connectivity index is 1.39. The minimum absolute atomic E-state index is 0.103. The Bertz CT molecular complexity index is 987. The number of hydrogen-bond donors (Lipinski definition) is 3. The highest BCUT2D eigenvalue weighted by Crippen LogP contribution is 2.60. The number of hydrogen-bond acceptors (Lipinski definition) is 5. The Hall–Kier alpha value is -1.97. The summed E-state index contributed by atoms with van der Waals surface area (Å²) >= 11 is 3.73. The summed E-state index contributed by atoms with van der Waals surface area (Å²) in [6, 6.07) is 9.05. The number of carbonyl (C=O) groups excluding carboxylic acids is 3. The molecule has 1 aliphatic carbocycles. The summed E-state index contributed by atoms with van der Waals surface area (Å²) in [5.74, 6) is -1.85. The fraction of sp³-hybridized carbons (Fsp3) is 0.679. The number of halogens is 1. The summed E-state index contributed by atoms with van der Waals surface area (Å²) in [5.41, 5.74) is -0.0292. The van der Waals surface area contributed by atoms with E-state index in [2.05, 4.69) is 26.6 Å². The van der Waals surface area contributed by atoms with Crippen LogP contribution in [0.4, 0.5) is 0 Å². The van der Waals surface area contributed by atoms with E-state index in [-0.39, 0.29) is 35.2 Å². The number of nitrogens with one attached hydrogen (secondary N) is 2. The highest BCUT2D eigenvalue weighted by molar-refractivity contribution is 9.09. The van der Waals surface area contributed by atoms with Crippen LogP contribution in [0.25, 0.3) is 0 Å². The summed E-state index contributed by atoms with van der Waals surface area (Å²) in [4.78, 5) is 42.9. The summed E-state index contributed by atoms with van der Waals surface area (Å²) in [5, 5.41) is 15.5. The van der Waals surface area contributed by atoms with Gasteiger partial charge in [0, 0.05) is 30.6 Å². The van der Waals surface area contributed by atoms with Gasteiger partial charge < -0.3 is 25.4 Å². The third kappa shape index (κ3) is 5.06. The van der Waals surface area contributed by atoms with Gasteiger partial charge in [0.1, 0.15) is 11.6 Å². The Morgan fingerprint density at radius 3 is 2.57 bits per heavy atom. The maximum Gasteiger partial charge on any atom is 0.246 e. The van der Waals surface area contributed by atoms with Crippen LogP contribution >= 0.6 is 15.9 Å². The smallest absolute Gasteiger partial charge is 0.246 e. The quantitative estimate of drug-likeness (QED) is 0.293. The minimum atomic E-state index is -1.01. The second-order valence-corrected chi connectivity index (χ2v) is 12.2. The van der Waals surface area contributed by atoms with Crippen LogP contribution in [0.1, 0.15) is 63.4 Å². The van der Waals surface area contributed by atoms with Crippen LogP contribution in [0.15, 0.2) is 30.3 Å². The van der Waals surface area contributed by atoms with Crippen LogP contribution in [0.5, 0.6) is 0 Å². The molecule has 8 nitrogen and oxygen atoms in total. The lowest BCUT2D eigenvalue weighted by Crippen LogP contribution is -2.57. The Morgan fingerprint density at radius 1 is 1.08 bits per heavy atom. The van der Waals surface area contributed by atoms with Gasteiger partial charge in [-0.05, 0) is 44.1 Å². The van der Waals surface area contributed by atoms with E-state index in [1.807, 2.05) is 30.3 Å². The van der Waals surface area contributed by atoms with Crippen molar-refractivity contribution in [3.63, 3.8) is 0 Å². The molecule has 1 aromatic carbocycles. The summed E-state index contributed by atoms with van der Waals surface area (Å²) < 4.78 is 6.56. The normalized spacial score (nSPS) is 33.0. The topological polar surface area (TPSA) is 108 Å². The molecule has 3 aliphatic heterocycles. The molecule has 5 rings (SSSR count). The molecule has 202 valence electrons. The van der Waals surface area contributed by atoms with Gasteiger partial charge in [-0.1, -0.05) is 65.5 Å². The van der Waals surface area contributed by atoms with Crippen LogP contribution in [0, 0.1) is 11.8 Å². The number of fused-ring (bicyclic) bond motifs is 1. The van der Waals surface area contributed by atoms with E-state index in [9.17, 15) is 19.5 Å². The van der Waals surface area contributed by atoms with Crippen molar-refractivity contribution >= 4 is 33.7 Å². The molecule has 0 aromatic heterocycles. The molecular weight excluding hydrogens is 538 g/mol. The molecule has 4 fully saturated rings. The standard InChI is InChI=1S/C28H38BrN3O5/c29-20-16-28-22(21(23(20)37-28)25(34)30-17-18-10-4-1-5-11-18)27(36)32(14-8-3-9-15-33)24(28)26(35)31-19-12-6-2-7-13-19/h1,4-5,10-11,19-24,33H,2-3,6-9,12-17H2,(H,30,34)(H,31,35)/t20?,21-,22-,23-,24?,28?/m0/s1. The number of benzene rings is 1. The van der Waals surface area contributed by atoms with Crippen molar-refractivity contribution in [3.8, 4) is 0 Å². The second kappa shape index (κ2) is 11.4. The number of aliphatic hydroxyl groups is 1. The molecular formula is C28H38BrN3O5. The predicted molar refractivity (Wildman–Crippen MR) is 142 cm³/mol. The Kier molecular flexibility index (Phi) is 8.22. The first-order valence-corrected chi connectivity index (χ1v) is 14.7. The van der Waals surface area contributed by atoms with Crippen molar-refractivity contribution in [2.24, 2.45) is 11.8 Å². The van der Waals surface area contributed by atoms with Crippen molar-refractivity contribution in [2.45, 2.75) is 92.9 Å². The van der Waals surface area contributed by atoms with Crippen molar-refractivity contribution in [2.75, 3.05) is 13.2 Å². The highest BCUT2D eigenvalue weighted by atomic mass is 79.9. The van der Waals surface area contributed by atoms with Gasteiger partial charge in [-0.3, -0.25) is 14.4 Å². The van der Waals surface area contributed by atoms with Crippen LogP contribution < -0.4 is 10.6 Å². The van der Waals surface area contributed by atoms with Gasteiger partial charge in [-0.15, -0.1) is 0 Å². The SMILES string of the molecule is O=C(NC1CCCCC1)C1N(CCCCCO)C(=O)[C@@H]2[C@H](C(=O)NCc3ccccc3)[C@H]3OC12CC3Br. The Morgan fingerprint density at radius 2 is 1.84 bits per heavy atom. The maximum absolute atomic E-state index is 14.0. The number of carbonyl (C=O) groups is 3. The van der Waals surface area contributed by atoms with Gasteiger partial charge in [-0.25, -0.2) is 0 Å². The zero-order chi connectivity index (χ0) is 26.0. The molecule has 3 saturated heterocycles. The molecule has 1 aromatic rings. The maximum atomic E-state index is 14.0. The lowest BCUT2D eigenvalue weighted by molar-refractivity contribution is -0.142. The third-order valence-electron chi connectivity index (χ3n) is 8.66. The molecule has 4 aliphatic rings. The molecule has 6 atom stereocenters. The number of likely N-dealkylation sites (tertiary alicyclic amines) is 1. The summed E-state index contributed by atoms with van der Waals surface area (Å²) in [6.45, 7) is 0.894. The number of amides is 3. The van der Waals surface area contributed by atoms with E-state index in [0.717, 1.165) is 37.7 Å². The van der Waals surface area contributed by atoms with Gasteiger partial charge in [-0.2, -0.15) is 0 Å². The number of ether oxygens (including phenoxy) is 1. The fourth-order valence-electron chi connectivity index (χ4n) is 6.97. The minimum Gasteiger partial charge on any atom is -0.396 e. The van der Waals surface area contributed by atoms with Gasteiger partial charge in [0.05, 0.1) is 17.9 Å². The van der Waals surface area contributed by atoms with Crippen molar-refractivity contribution in [3.05, 3.63) is 35.9 Å². The first-order chi connectivity index (χ1) is 18.0. The van der Waals surface area contributed by atoms with E-state index < -0.39 is 29.6 Å². The zero-order valence-electron chi connectivity index (χ0n) is 21.2. The molecule has 0 radical (unpaired) electrons. The molecule has 3 N–H and O–H groups in total. The zero-order valence-corrected chi connectivity index (χ0v) is 22.8. The number of alkyl halides is 1. The average Bonchev–Trinajstić information content (AvgIpc) is 3.49. The first-order valence-electron chi connectivity index (χ1n) is 13.8. The highest BCUT2D eigenvalue weighted by Gasteiger charge is 2.76. The monoisotopic (exact) mass is 575 g/mol. The van der Waals surface area contributed by atoms with E-state index in [1.165, 1.54) is 6.42 Å². The van der Waals surface area contributed by atoms with Gasteiger partial charge in [0.2, 0.25) is 17.7 Å². The molecule has 3 unspecified atom stereocenters. The summed E-state index contributed by atoms with van der Waals surface area (Å²) in [7, 11) is 0. The number of rotatable bonds is 10. The molecule has 1 saturated carbocycles. The molecule has 1 spiro atoms. The molecule has 2 bridgehead atoms. The van der Waals surface area contributed by atoms with Crippen molar-refractivity contribution < 1.29 is 24.2 Å². The molecule has 3 heterocycles. The Labute approximate surface area is 227 Å². The fourth-order valence-corrected chi connectivity index (χ4v) is 7.91. The average molecular weight is 577 g/mol. The second-order valence-electron chi connectivity index (χ2n) is 11.0. The van der Waals surface area contributed by atoms with E-state index in [1.54, 1.807) is 4.90 Å². The predicted octanol–water partition coefficient (Wildman–Crippen LogP) is 2.66. The van der Waals surface area contributed by atoms with E-state index >= 15 is 0 Å². The molecule has 3 amide bonds. The van der Waals surface area contributed by atoms with Crippen LogP contribution in [0.2, 0.25) is 0 Å². The number of nitrogens with zero attached hydrogens (tertiary/aromatic N) is 1. The van der Waals surface area contributed by atoms with Gasteiger partial charge in [0.15, 0.2) is 0 Å². The first kappa shape index (κ1) is 26.6. The summed E-state index contributed by atoms with van der Waals surface area (Å²) in [6.07, 6.45) is 7.46. The van der Waals surface area contributed by atoms with Gasteiger partial charge in [0.25, 0.3) is 0 Å². The molecule has 9 heteroatoms. The van der Waals surface area contributed by atoms with Crippen molar-refractivity contribution in [1.29, 1.82) is 0 Å². The largest absolute Gasteiger partial charge is 0.396 e. The number of unbranched alkanes of at least 4 members (excludes halogenated alkanes) is 2. The lowest BCUT2D eigenvalue weighted by atomic mass is 9.70. The van der Waals surface area contributed by atoms with Crippen LogP contribution in [-0.2, 0) is 25.7 Å². The number of aliphatic hydroxyl groups excluding tert-OH is 1. The van der Waals surface area contributed by atoms with E-state index in [0.29, 0.717) is 32.4 Å². The van der Waals surface area contributed by atoms with Gasteiger partial charge >= 0.3 is 0 Å². The van der Waals surface area contributed by atoms with Crippen LogP contribution in [-0.4, -0.2) is 69.5 Å². The van der Waals surface area contributed by atoms with Crippen molar-refractivity contribution in [1.82, 2.24) is 15.5 Å². The lowest BCUT2D eigenvalue weighted by Gasteiger charge is -2.35. The molecule has 37 heavy (non-hydrogen) atoms. The van der Waals surface area contributed by atoms with Crippen LogP contribution in [0.3, 0.4) is 0 Å².